The summed E-state index contributed by atoms with van der Waals surface area (Å²) in [4.78, 5) is 13.3. The van der Waals surface area contributed by atoms with Gasteiger partial charge in [0.05, 0.1) is 5.69 Å². The lowest BCUT2D eigenvalue weighted by Crippen LogP contribution is -2.13. The summed E-state index contributed by atoms with van der Waals surface area (Å²) >= 11 is 0. The van der Waals surface area contributed by atoms with E-state index >= 15 is 0 Å². The number of carbonyl (C=O) groups is 1. The van der Waals surface area contributed by atoms with Crippen molar-refractivity contribution < 1.29 is 9.18 Å². The normalized spacial score (nSPS) is 11.1. The molecule has 1 heterocycles. The quantitative estimate of drug-likeness (QED) is 0.801. The van der Waals surface area contributed by atoms with Crippen molar-refractivity contribution in [2.24, 2.45) is 5.92 Å². The van der Waals surface area contributed by atoms with Crippen LogP contribution >= 0.6 is 0 Å². The maximum atomic E-state index is 13.0. The highest BCUT2D eigenvalue weighted by Gasteiger charge is 2.09. The van der Waals surface area contributed by atoms with Crippen LogP contribution in [-0.4, -0.2) is 20.9 Å². The van der Waals surface area contributed by atoms with E-state index in [1.807, 2.05) is 13.8 Å². The van der Waals surface area contributed by atoms with Crippen LogP contribution < -0.4 is 5.32 Å². The van der Waals surface area contributed by atoms with Crippen molar-refractivity contribution in [2.45, 2.75) is 20.3 Å². The molecule has 0 fully saturated rings. The molecular weight excluding hydrogens is 295 g/mol. The minimum atomic E-state index is -0.305. The van der Waals surface area contributed by atoms with Gasteiger partial charge >= 0.3 is 0 Å². The Morgan fingerprint density at radius 1 is 1.13 bits per heavy atom. The number of carbonyl (C=O) groups excluding carboxylic acids is 1. The Bertz CT molecular complexity index is 839. The fourth-order valence-electron chi connectivity index (χ4n) is 2.27. The molecule has 23 heavy (non-hydrogen) atoms. The monoisotopic (exact) mass is 312 g/mol. The Morgan fingerprint density at radius 3 is 2.52 bits per heavy atom. The lowest BCUT2D eigenvalue weighted by Gasteiger charge is -2.06. The van der Waals surface area contributed by atoms with Gasteiger partial charge in [0.25, 0.3) is 0 Å². The van der Waals surface area contributed by atoms with E-state index < -0.39 is 0 Å². The fraction of sp³-hybridized carbons (Fsp3) is 0.235. The molecule has 0 radical (unpaired) electrons. The van der Waals surface area contributed by atoms with Gasteiger partial charge in [0, 0.05) is 12.1 Å². The van der Waals surface area contributed by atoms with E-state index in [-0.39, 0.29) is 11.7 Å². The molecule has 0 aliphatic heterocycles. The van der Waals surface area contributed by atoms with Crippen molar-refractivity contribution in [1.82, 2.24) is 15.0 Å². The number of aromatic nitrogens is 3. The summed E-state index contributed by atoms with van der Waals surface area (Å²) in [6.07, 6.45) is 0.473. The number of nitrogens with zero attached hydrogens (tertiary/aromatic N) is 3. The molecule has 118 valence electrons. The molecule has 5 nitrogen and oxygen atoms in total. The van der Waals surface area contributed by atoms with Crippen molar-refractivity contribution >= 4 is 22.6 Å². The number of hydrogen-bond donors (Lipinski definition) is 1. The van der Waals surface area contributed by atoms with E-state index in [0.29, 0.717) is 34.7 Å². The summed E-state index contributed by atoms with van der Waals surface area (Å²) in [5, 5.41) is 11.6. The van der Waals surface area contributed by atoms with Gasteiger partial charge in [-0.2, -0.15) is 4.80 Å². The Hall–Kier alpha value is -2.76. The number of hydrogen-bond acceptors (Lipinski definition) is 3. The number of fused-ring (bicyclic) bond motifs is 1. The zero-order valence-corrected chi connectivity index (χ0v) is 13.0. The topological polar surface area (TPSA) is 59.8 Å². The van der Waals surface area contributed by atoms with Crippen molar-refractivity contribution in [3.8, 4) is 5.69 Å². The van der Waals surface area contributed by atoms with Gasteiger partial charge in [0.2, 0.25) is 5.91 Å². The third-order valence-corrected chi connectivity index (χ3v) is 3.32. The molecule has 0 saturated heterocycles. The molecule has 0 bridgehead atoms. The number of nitrogens with one attached hydrogen (secondary N) is 1. The molecule has 0 aliphatic carbocycles. The number of benzene rings is 2. The van der Waals surface area contributed by atoms with Crippen LogP contribution in [-0.2, 0) is 4.79 Å². The van der Waals surface area contributed by atoms with E-state index in [1.165, 1.54) is 16.9 Å². The van der Waals surface area contributed by atoms with Gasteiger partial charge in [0.1, 0.15) is 16.9 Å². The van der Waals surface area contributed by atoms with Gasteiger partial charge in [-0.3, -0.25) is 4.79 Å². The van der Waals surface area contributed by atoms with Gasteiger partial charge in [-0.25, -0.2) is 4.39 Å². The second-order valence-corrected chi connectivity index (χ2v) is 5.82. The smallest absolute Gasteiger partial charge is 0.224 e. The highest BCUT2D eigenvalue weighted by atomic mass is 19.1. The van der Waals surface area contributed by atoms with Crippen molar-refractivity contribution in [1.29, 1.82) is 0 Å². The van der Waals surface area contributed by atoms with Crippen LogP contribution in [0.25, 0.3) is 16.7 Å². The average molecular weight is 312 g/mol. The zero-order valence-electron chi connectivity index (χ0n) is 13.0. The molecule has 0 spiro atoms. The summed E-state index contributed by atoms with van der Waals surface area (Å²) in [5.74, 6) is -0.0241. The Labute approximate surface area is 133 Å². The summed E-state index contributed by atoms with van der Waals surface area (Å²) in [5.41, 5.74) is 2.73. The first kappa shape index (κ1) is 15.1. The standard InChI is InChI=1S/C17H17FN4O/c1-11(2)9-17(23)19-13-5-8-15-16(10-13)21-22(20-15)14-6-3-12(18)4-7-14/h3-8,10-11H,9H2,1-2H3,(H,19,23). The number of anilines is 1. The molecule has 6 heteroatoms. The van der Waals surface area contributed by atoms with Crippen molar-refractivity contribution in [3.63, 3.8) is 0 Å². The van der Waals surface area contributed by atoms with E-state index in [4.69, 9.17) is 0 Å². The first-order chi connectivity index (χ1) is 11.0. The Balaban J connectivity index is 1.86. The molecule has 1 amide bonds. The number of amides is 1. The highest BCUT2D eigenvalue weighted by molar-refractivity contribution is 5.93. The molecule has 0 aliphatic rings. The summed E-state index contributed by atoms with van der Waals surface area (Å²) < 4.78 is 13.0. The van der Waals surface area contributed by atoms with Crippen LogP contribution in [0.4, 0.5) is 10.1 Å². The van der Waals surface area contributed by atoms with Crippen LogP contribution in [0.15, 0.2) is 42.5 Å². The third kappa shape index (κ3) is 3.53. The first-order valence-electron chi connectivity index (χ1n) is 7.44. The summed E-state index contributed by atoms with van der Waals surface area (Å²) in [6.45, 7) is 3.99. The summed E-state index contributed by atoms with van der Waals surface area (Å²) in [6, 6.07) is 11.3. The van der Waals surface area contributed by atoms with Gasteiger partial charge in [-0.1, -0.05) is 13.8 Å². The molecule has 2 aromatic carbocycles. The van der Waals surface area contributed by atoms with E-state index in [2.05, 4.69) is 15.5 Å². The minimum Gasteiger partial charge on any atom is -0.326 e. The molecular formula is C17H17FN4O. The van der Waals surface area contributed by atoms with Crippen molar-refractivity contribution in [2.75, 3.05) is 5.32 Å². The average Bonchev–Trinajstić information content (AvgIpc) is 2.90. The SMILES string of the molecule is CC(C)CC(=O)Nc1ccc2nn(-c3ccc(F)cc3)nc2c1. The lowest BCUT2D eigenvalue weighted by molar-refractivity contribution is -0.116. The molecule has 3 aromatic rings. The second kappa shape index (κ2) is 6.16. The Kier molecular flexibility index (Phi) is 4.06. The van der Waals surface area contributed by atoms with Crippen molar-refractivity contribution in [3.05, 3.63) is 48.3 Å². The van der Waals surface area contributed by atoms with Crippen LogP contribution in [0.1, 0.15) is 20.3 Å². The van der Waals surface area contributed by atoms with E-state index in [1.54, 1.807) is 30.3 Å². The predicted molar refractivity (Wildman–Crippen MR) is 86.9 cm³/mol. The molecule has 0 atom stereocenters. The maximum Gasteiger partial charge on any atom is 0.224 e. The van der Waals surface area contributed by atoms with E-state index in [9.17, 15) is 9.18 Å². The maximum absolute atomic E-state index is 13.0. The second-order valence-electron chi connectivity index (χ2n) is 5.82. The highest BCUT2D eigenvalue weighted by Crippen LogP contribution is 2.18. The van der Waals surface area contributed by atoms with Gasteiger partial charge in [-0.05, 0) is 48.4 Å². The van der Waals surface area contributed by atoms with Gasteiger partial charge in [0.15, 0.2) is 0 Å². The van der Waals surface area contributed by atoms with Gasteiger partial charge in [-0.15, -0.1) is 10.2 Å². The predicted octanol–water partition coefficient (Wildman–Crippen LogP) is 3.54. The van der Waals surface area contributed by atoms with Crippen LogP contribution in [0.3, 0.4) is 0 Å². The number of rotatable bonds is 4. The summed E-state index contributed by atoms with van der Waals surface area (Å²) in [7, 11) is 0. The molecule has 0 saturated carbocycles. The Morgan fingerprint density at radius 2 is 1.83 bits per heavy atom. The van der Waals surface area contributed by atoms with Gasteiger partial charge < -0.3 is 5.32 Å². The van der Waals surface area contributed by atoms with Crippen LogP contribution in [0.2, 0.25) is 0 Å². The largest absolute Gasteiger partial charge is 0.326 e. The molecule has 0 unspecified atom stereocenters. The zero-order chi connectivity index (χ0) is 16.4. The van der Waals surface area contributed by atoms with E-state index in [0.717, 1.165) is 0 Å². The number of halogens is 1. The fourth-order valence-corrected chi connectivity index (χ4v) is 2.27. The van der Waals surface area contributed by atoms with Crippen LogP contribution in [0, 0.1) is 11.7 Å². The molecule has 1 aromatic heterocycles. The molecule has 1 N–H and O–H groups in total. The third-order valence-electron chi connectivity index (χ3n) is 3.32. The lowest BCUT2D eigenvalue weighted by atomic mass is 10.1. The first-order valence-corrected chi connectivity index (χ1v) is 7.44. The van der Waals surface area contributed by atoms with Crippen LogP contribution in [0.5, 0.6) is 0 Å². The molecule has 3 rings (SSSR count). The minimum absolute atomic E-state index is 0.0229.